The van der Waals surface area contributed by atoms with Gasteiger partial charge in [0.15, 0.2) is 15.8 Å². The van der Waals surface area contributed by atoms with Crippen molar-refractivity contribution < 1.29 is 8.42 Å². The average Bonchev–Trinajstić information content (AvgIpc) is 2.56. The van der Waals surface area contributed by atoms with Gasteiger partial charge in [-0.05, 0) is 30.2 Å². The molecule has 0 atom stereocenters. The SMILES string of the molecule is CN=C(NCc1ccc(C)cc1)NCc1ccc(S(C)(=O)=O)cc1.I. The Morgan fingerprint density at radius 3 is 1.76 bits per heavy atom. The Hall–Kier alpha value is -1.61. The molecule has 0 saturated carbocycles. The van der Waals surface area contributed by atoms with E-state index in [0.717, 1.165) is 5.56 Å². The maximum Gasteiger partial charge on any atom is 0.191 e. The topological polar surface area (TPSA) is 70.6 Å². The highest BCUT2D eigenvalue weighted by Gasteiger charge is 2.06. The van der Waals surface area contributed by atoms with Gasteiger partial charge < -0.3 is 10.6 Å². The van der Waals surface area contributed by atoms with Gasteiger partial charge in [-0.3, -0.25) is 4.99 Å². The highest BCUT2D eigenvalue weighted by Crippen LogP contribution is 2.10. The van der Waals surface area contributed by atoms with Crippen molar-refractivity contribution in [3.63, 3.8) is 0 Å². The lowest BCUT2D eigenvalue weighted by Crippen LogP contribution is -2.36. The molecule has 7 heteroatoms. The van der Waals surface area contributed by atoms with Crippen LogP contribution in [0.3, 0.4) is 0 Å². The smallest absolute Gasteiger partial charge is 0.191 e. The van der Waals surface area contributed by atoms with Crippen molar-refractivity contribution in [2.45, 2.75) is 24.9 Å². The third-order valence-corrected chi connectivity index (χ3v) is 4.74. The molecule has 0 heterocycles. The van der Waals surface area contributed by atoms with Crippen LogP contribution >= 0.6 is 24.0 Å². The predicted molar refractivity (Wildman–Crippen MR) is 113 cm³/mol. The lowest BCUT2D eigenvalue weighted by molar-refractivity contribution is 0.602. The molecule has 136 valence electrons. The molecule has 0 aliphatic carbocycles. The van der Waals surface area contributed by atoms with Gasteiger partial charge in [-0.15, -0.1) is 24.0 Å². The molecule has 0 spiro atoms. The van der Waals surface area contributed by atoms with Crippen LogP contribution in [0.2, 0.25) is 0 Å². The molecule has 0 bridgehead atoms. The highest BCUT2D eigenvalue weighted by atomic mass is 127. The molecule has 0 radical (unpaired) electrons. The predicted octanol–water partition coefficient (Wildman–Crippen LogP) is 2.88. The van der Waals surface area contributed by atoms with Crippen LogP contribution in [0.25, 0.3) is 0 Å². The minimum atomic E-state index is -3.15. The molecule has 5 nitrogen and oxygen atoms in total. The molecule has 25 heavy (non-hydrogen) atoms. The Labute approximate surface area is 166 Å². The number of nitrogens with zero attached hydrogens (tertiary/aromatic N) is 1. The number of aliphatic imine (C=N–C) groups is 1. The second-order valence-electron chi connectivity index (χ2n) is 5.68. The zero-order valence-electron chi connectivity index (χ0n) is 14.6. The van der Waals surface area contributed by atoms with Gasteiger partial charge in [-0.2, -0.15) is 0 Å². The molecular formula is C18H24IN3O2S. The number of rotatable bonds is 5. The molecular weight excluding hydrogens is 449 g/mol. The van der Waals surface area contributed by atoms with Gasteiger partial charge in [0, 0.05) is 26.4 Å². The quantitative estimate of drug-likeness (QED) is 0.398. The first-order valence-corrected chi connectivity index (χ1v) is 9.56. The zero-order chi connectivity index (χ0) is 17.6. The van der Waals surface area contributed by atoms with Crippen molar-refractivity contribution in [2.75, 3.05) is 13.3 Å². The summed E-state index contributed by atoms with van der Waals surface area (Å²) >= 11 is 0. The molecule has 0 amide bonds. The monoisotopic (exact) mass is 473 g/mol. The number of sulfone groups is 1. The van der Waals surface area contributed by atoms with Crippen molar-refractivity contribution in [1.29, 1.82) is 0 Å². The fourth-order valence-corrected chi connectivity index (χ4v) is 2.78. The fourth-order valence-electron chi connectivity index (χ4n) is 2.15. The molecule has 0 aliphatic heterocycles. The van der Waals surface area contributed by atoms with E-state index in [2.05, 4.69) is 46.8 Å². The first kappa shape index (κ1) is 21.4. The lowest BCUT2D eigenvalue weighted by Gasteiger charge is -2.12. The maximum atomic E-state index is 11.5. The van der Waals surface area contributed by atoms with Crippen LogP contribution in [0.1, 0.15) is 16.7 Å². The standard InChI is InChI=1S/C18H23N3O2S.HI/c1-14-4-6-15(7-5-14)12-20-18(19-2)21-13-16-8-10-17(11-9-16)24(3,22)23;/h4-11H,12-13H2,1-3H3,(H2,19,20,21);1H. The number of nitrogens with one attached hydrogen (secondary N) is 2. The number of guanidine groups is 1. The van der Waals surface area contributed by atoms with Gasteiger partial charge >= 0.3 is 0 Å². The Bertz CT molecular complexity index is 801. The molecule has 0 aromatic heterocycles. The Morgan fingerprint density at radius 2 is 1.36 bits per heavy atom. The van der Waals surface area contributed by atoms with Crippen molar-refractivity contribution in [3.05, 3.63) is 65.2 Å². The van der Waals surface area contributed by atoms with Crippen LogP contribution in [0.5, 0.6) is 0 Å². The number of halogens is 1. The second kappa shape index (κ2) is 9.76. The molecule has 2 aromatic rings. The Morgan fingerprint density at radius 1 is 0.920 bits per heavy atom. The number of hydrogen-bond donors (Lipinski definition) is 2. The fraction of sp³-hybridized carbons (Fsp3) is 0.278. The van der Waals surface area contributed by atoms with Crippen molar-refractivity contribution in [2.24, 2.45) is 4.99 Å². The minimum Gasteiger partial charge on any atom is -0.352 e. The van der Waals surface area contributed by atoms with Crippen LogP contribution < -0.4 is 10.6 Å². The van der Waals surface area contributed by atoms with Gasteiger partial charge in [0.05, 0.1) is 4.90 Å². The molecule has 0 aliphatic rings. The maximum absolute atomic E-state index is 11.5. The Kier molecular flexibility index (Phi) is 8.37. The van der Waals surface area contributed by atoms with E-state index in [1.54, 1.807) is 31.3 Å². The van der Waals surface area contributed by atoms with E-state index in [1.165, 1.54) is 17.4 Å². The molecule has 2 rings (SSSR count). The first-order valence-electron chi connectivity index (χ1n) is 7.67. The molecule has 0 fully saturated rings. The molecule has 0 unspecified atom stereocenters. The van der Waals surface area contributed by atoms with Crippen LogP contribution in [0, 0.1) is 6.92 Å². The molecule has 2 N–H and O–H groups in total. The van der Waals surface area contributed by atoms with Crippen molar-refractivity contribution in [1.82, 2.24) is 10.6 Å². The van der Waals surface area contributed by atoms with E-state index < -0.39 is 9.84 Å². The van der Waals surface area contributed by atoms with Gasteiger partial charge in [-0.25, -0.2) is 8.42 Å². The van der Waals surface area contributed by atoms with E-state index in [0.29, 0.717) is 23.9 Å². The van der Waals surface area contributed by atoms with E-state index in [9.17, 15) is 8.42 Å². The average molecular weight is 473 g/mol. The summed E-state index contributed by atoms with van der Waals surface area (Å²) in [6.45, 7) is 3.32. The van der Waals surface area contributed by atoms with Crippen LogP contribution in [0.4, 0.5) is 0 Å². The number of hydrogen-bond acceptors (Lipinski definition) is 3. The van der Waals surface area contributed by atoms with Gasteiger partial charge in [0.2, 0.25) is 0 Å². The largest absolute Gasteiger partial charge is 0.352 e. The van der Waals surface area contributed by atoms with E-state index in [-0.39, 0.29) is 24.0 Å². The highest BCUT2D eigenvalue weighted by molar-refractivity contribution is 14.0. The zero-order valence-corrected chi connectivity index (χ0v) is 17.8. The summed E-state index contributed by atoms with van der Waals surface area (Å²) in [6.07, 6.45) is 1.21. The Balaban J connectivity index is 0.00000312. The number of aryl methyl sites for hydroxylation is 1. The minimum absolute atomic E-state index is 0. The van der Waals surface area contributed by atoms with Gasteiger partial charge in [-0.1, -0.05) is 42.0 Å². The van der Waals surface area contributed by atoms with E-state index in [1.807, 2.05) is 0 Å². The van der Waals surface area contributed by atoms with E-state index >= 15 is 0 Å². The summed E-state index contributed by atoms with van der Waals surface area (Å²) in [4.78, 5) is 4.52. The molecule has 2 aromatic carbocycles. The van der Waals surface area contributed by atoms with Crippen LogP contribution in [-0.2, 0) is 22.9 Å². The van der Waals surface area contributed by atoms with Crippen molar-refractivity contribution in [3.8, 4) is 0 Å². The molecule has 0 saturated heterocycles. The van der Waals surface area contributed by atoms with Crippen LogP contribution in [0.15, 0.2) is 58.4 Å². The summed E-state index contributed by atoms with van der Waals surface area (Å²) in [6, 6.07) is 15.2. The summed E-state index contributed by atoms with van der Waals surface area (Å²) in [5, 5.41) is 6.47. The summed E-state index contributed by atoms with van der Waals surface area (Å²) in [5.41, 5.74) is 3.40. The van der Waals surface area contributed by atoms with Crippen molar-refractivity contribution >= 4 is 39.8 Å². The normalized spacial score (nSPS) is 11.6. The van der Waals surface area contributed by atoms with Gasteiger partial charge in [0.1, 0.15) is 0 Å². The van der Waals surface area contributed by atoms with Crippen LogP contribution in [-0.4, -0.2) is 27.7 Å². The van der Waals surface area contributed by atoms with Gasteiger partial charge in [0.25, 0.3) is 0 Å². The number of benzene rings is 2. The summed E-state index contributed by atoms with van der Waals surface area (Å²) in [5.74, 6) is 0.697. The first-order chi connectivity index (χ1) is 11.4. The third-order valence-electron chi connectivity index (χ3n) is 3.62. The second-order valence-corrected chi connectivity index (χ2v) is 7.70. The third kappa shape index (κ3) is 7.03. The van der Waals surface area contributed by atoms with E-state index in [4.69, 9.17) is 0 Å². The summed E-state index contributed by atoms with van der Waals surface area (Å²) < 4.78 is 22.9. The summed E-state index contributed by atoms with van der Waals surface area (Å²) in [7, 11) is -1.43. The lowest BCUT2D eigenvalue weighted by atomic mass is 10.1.